The summed E-state index contributed by atoms with van der Waals surface area (Å²) >= 11 is 5.88. The second kappa shape index (κ2) is 7.43. The van der Waals surface area contributed by atoms with Gasteiger partial charge in [0.05, 0.1) is 11.4 Å². The van der Waals surface area contributed by atoms with E-state index in [4.69, 9.17) is 11.6 Å². The van der Waals surface area contributed by atoms with Gasteiger partial charge in [0, 0.05) is 11.9 Å². The Labute approximate surface area is 108 Å². The molecule has 1 rings (SSSR count). The minimum atomic E-state index is 0.226. The van der Waals surface area contributed by atoms with Crippen molar-refractivity contribution in [2.24, 2.45) is 0 Å². The third-order valence-electron chi connectivity index (χ3n) is 2.57. The van der Waals surface area contributed by atoms with Gasteiger partial charge in [-0.05, 0) is 32.6 Å². The number of halogens is 1. The molecule has 0 fully saturated rings. The lowest BCUT2D eigenvalue weighted by Gasteiger charge is -2.08. The molecular weight excluding hydrogens is 236 g/mol. The van der Waals surface area contributed by atoms with E-state index in [0.29, 0.717) is 5.95 Å². The zero-order valence-corrected chi connectivity index (χ0v) is 11.6. The largest absolute Gasteiger partial charge is 0.353 e. The molecular formula is C12H21ClN4. The van der Waals surface area contributed by atoms with Crippen molar-refractivity contribution in [1.82, 2.24) is 15.2 Å². The molecule has 1 aromatic heterocycles. The Kier molecular flexibility index (Phi) is 6.19. The molecule has 17 heavy (non-hydrogen) atoms. The van der Waals surface area contributed by atoms with Crippen LogP contribution in [0.25, 0.3) is 0 Å². The quantitative estimate of drug-likeness (QED) is 0.602. The summed E-state index contributed by atoms with van der Waals surface area (Å²) in [7, 11) is 0. The van der Waals surface area contributed by atoms with Crippen LogP contribution in [0.1, 0.15) is 45.0 Å². The second-order valence-electron chi connectivity index (χ2n) is 4.09. The van der Waals surface area contributed by atoms with E-state index in [-0.39, 0.29) is 5.38 Å². The Hall–Kier alpha value is -0.900. The summed E-state index contributed by atoms with van der Waals surface area (Å²) in [5, 5.41) is 11.7. The highest BCUT2D eigenvalue weighted by Gasteiger charge is 2.05. The van der Waals surface area contributed by atoms with Gasteiger partial charge >= 0.3 is 0 Å². The molecule has 0 saturated carbocycles. The minimum absolute atomic E-state index is 0.226. The normalized spacial score (nSPS) is 12.5. The van der Waals surface area contributed by atoms with Crippen LogP contribution >= 0.6 is 11.6 Å². The van der Waals surface area contributed by atoms with Crippen LogP contribution in [0.3, 0.4) is 0 Å². The summed E-state index contributed by atoms with van der Waals surface area (Å²) in [6.45, 7) is 7.00. The number of alkyl halides is 1. The van der Waals surface area contributed by atoms with Crippen molar-refractivity contribution in [2.45, 2.75) is 51.8 Å². The number of hydrogen-bond acceptors (Lipinski definition) is 4. The molecule has 0 saturated heterocycles. The number of anilines is 1. The first-order chi connectivity index (χ1) is 8.17. The van der Waals surface area contributed by atoms with Gasteiger partial charge < -0.3 is 5.32 Å². The van der Waals surface area contributed by atoms with Crippen molar-refractivity contribution in [2.75, 3.05) is 11.9 Å². The molecule has 4 nitrogen and oxygen atoms in total. The van der Waals surface area contributed by atoms with Gasteiger partial charge in [0.25, 0.3) is 0 Å². The van der Waals surface area contributed by atoms with Crippen LogP contribution in [0.5, 0.6) is 0 Å². The van der Waals surface area contributed by atoms with Crippen molar-refractivity contribution < 1.29 is 0 Å². The number of rotatable bonds is 7. The maximum atomic E-state index is 5.88. The van der Waals surface area contributed by atoms with E-state index in [2.05, 4.69) is 34.3 Å². The molecule has 1 N–H and O–H groups in total. The molecule has 0 bridgehead atoms. The average Bonchev–Trinajstić information content (AvgIpc) is 2.34. The van der Waals surface area contributed by atoms with Gasteiger partial charge in [-0.15, -0.1) is 16.7 Å². The maximum absolute atomic E-state index is 5.88. The van der Waals surface area contributed by atoms with Crippen LogP contribution in [0, 0.1) is 0 Å². The SMILES string of the molecule is CCc1nnc(NCCCC(C)Cl)nc1CC. The predicted molar refractivity (Wildman–Crippen MR) is 71.6 cm³/mol. The molecule has 0 amide bonds. The molecule has 1 heterocycles. The van der Waals surface area contributed by atoms with Crippen LogP contribution in [-0.2, 0) is 12.8 Å². The van der Waals surface area contributed by atoms with Gasteiger partial charge in [-0.2, -0.15) is 5.10 Å². The van der Waals surface area contributed by atoms with E-state index in [1.54, 1.807) is 0 Å². The van der Waals surface area contributed by atoms with Crippen LogP contribution in [0.15, 0.2) is 0 Å². The smallest absolute Gasteiger partial charge is 0.242 e. The zero-order valence-electron chi connectivity index (χ0n) is 10.8. The van der Waals surface area contributed by atoms with Crippen LogP contribution < -0.4 is 5.32 Å². The molecule has 0 spiro atoms. The van der Waals surface area contributed by atoms with E-state index in [0.717, 1.165) is 43.6 Å². The first-order valence-electron chi connectivity index (χ1n) is 6.27. The second-order valence-corrected chi connectivity index (χ2v) is 4.83. The highest BCUT2D eigenvalue weighted by atomic mass is 35.5. The Morgan fingerprint density at radius 1 is 1.18 bits per heavy atom. The van der Waals surface area contributed by atoms with Crippen LogP contribution in [-0.4, -0.2) is 27.1 Å². The Balaban J connectivity index is 2.48. The van der Waals surface area contributed by atoms with Crippen molar-refractivity contribution in [3.8, 4) is 0 Å². The van der Waals surface area contributed by atoms with E-state index in [1.807, 2.05) is 6.92 Å². The standard InChI is InChI=1S/C12H21ClN4/c1-4-10-11(5-2)16-17-12(15-10)14-8-6-7-9(3)13/h9H,4-8H2,1-3H3,(H,14,15,17). The monoisotopic (exact) mass is 256 g/mol. The molecule has 1 aromatic rings. The van der Waals surface area contributed by atoms with Gasteiger partial charge in [0.1, 0.15) is 0 Å². The molecule has 1 unspecified atom stereocenters. The summed E-state index contributed by atoms with van der Waals surface area (Å²) in [4.78, 5) is 4.46. The van der Waals surface area contributed by atoms with Gasteiger partial charge in [-0.25, -0.2) is 4.98 Å². The van der Waals surface area contributed by atoms with Gasteiger partial charge in [0.15, 0.2) is 0 Å². The number of nitrogens with one attached hydrogen (secondary N) is 1. The van der Waals surface area contributed by atoms with Gasteiger partial charge in [-0.1, -0.05) is 13.8 Å². The molecule has 0 radical (unpaired) electrons. The first-order valence-corrected chi connectivity index (χ1v) is 6.71. The number of aromatic nitrogens is 3. The summed E-state index contributed by atoms with van der Waals surface area (Å²) in [6.07, 6.45) is 3.79. The summed E-state index contributed by atoms with van der Waals surface area (Å²) < 4.78 is 0. The Morgan fingerprint density at radius 3 is 2.47 bits per heavy atom. The van der Waals surface area contributed by atoms with Crippen molar-refractivity contribution >= 4 is 17.5 Å². The third-order valence-corrected chi connectivity index (χ3v) is 2.79. The fourth-order valence-corrected chi connectivity index (χ4v) is 1.75. The number of nitrogens with zero attached hydrogens (tertiary/aromatic N) is 3. The average molecular weight is 257 g/mol. The van der Waals surface area contributed by atoms with Crippen LogP contribution in [0.2, 0.25) is 0 Å². The molecule has 1 atom stereocenters. The fraction of sp³-hybridized carbons (Fsp3) is 0.750. The predicted octanol–water partition coefficient (Wildman–Crippen LogP) is 2.82. The Bertz CT molecular complexity index is 341. The maximum Gasteiger partial charge on any atom is 0.242 e. The van der Waals surface area contributed by atoms with Crippen molar-refractivity contribution in [3.63, 3.8) is 0 Å². The van der Waals surface area contributed by atoms with E-state index >= 15 is 0 Å². The van der Waals surface area contributed by atoms with Crippen molar-refractivity contribution in [1.29, 1.82) is 0 Å². The molecule has 0 aliphatic heterocycles. The third kappa shape index (κ3) is 4.86. The lowest BCUT2D eigenvalue weighted by molar-refractivity contribution is 0.740. The zero-order chi connectivity index (χ0) is 12.7. The molecule has 0 aromatic carbocycles. The van der Waals surface area contributed by atoms with Crippen molar-refractivity contribution in [3.05, 3.63) is 11.4 Å². The highest BCUT2D eigenvalue weighted by Crippen LogP contribution is 2.08. The molecule has 96 valence electrons. The topological polar surface area (TPSA) is 50.7 Å². The fourth-order valence-electron chi connectivity index (χ4n) is 1.60. The van der Waals surface area contributed by atoms with Gasteiger partial charge in [0.2, 0.25) is 5.95 Å². The Morgan fingerprint density at radius 2 is 1.88 bits per heavy atom. The summed E-state index contributed by atoms with van der Waals surface area (Å²) in [5.41, 5.74) is 2.03. The van der Waals surface area contributed by atoms with E-state index in [1.165, 1.54) is 0 Å². The molecule has 0 aliphatic rings. The van der Waals surface area contributed by atoms with Crippen LogP contribution in [0.4, 0.5) is 5.95 Å². The first kappa shape index (κ1) is 14.2. The van der Waals surface area contributed by atoms with E-state index < -0.39 is 0 Å². The molecule has 5 heteroatoms. The van der Waals surface area contributed by atoms with E-state index in [9.17, 15) is 0 Å². The number of hydrogen-bond donors (Lipinski definition) is 1. The minimum Gasteiger partial charge on any atom is -0.353 e. The highest BCUT2D eigenvalue weighted by molar-refractivity contribution is 6.20. The number of aryl methyl sites for hydroxylation is 2. The lowest BCUT2D eigenvalue weighted by Crippen LogP contribution is -2.11. The van der Waals surface area contributed by atoms with Gasteiger partial charge in [-0.3, -0.25) is 0 Å². The lowest BCUT2D eigenvalue weighted by atomic mass is 10.2. The molecule has 0 aliphatic carbocycles. The summed E-state index contributed by atoms with van der Waals surface area (Å²) in [6, 6.07) is 0. The summed E-state index contributed by atoms with van der Waals surface area (Å²) in [5.74, 6) is 0.626.